The van der Waals surface area contributed by atoms with E-state index in [0.29, 0.717) is 5.69 Å². The van der Waals surface area contributed by atoms with E-state index in [9.17, 15) is 14.9 Å². The number of hydrogen-bond acceptors (Lipinski definition) is 6. The fraction of sp³-hybridized carbons (Fsp3) is 0.261. The van der Waals surface area contributed by atoms with Crippen molar-refractivity contribution < 1.29 is 9.59 Å². The number of thiazole rings is 1. The molecule has 1 aromatic carbocycles. The Bertz CT molecular complexity index is 1220. The molecule has 0 bridgehead atoms. The van der Waals surface area contributed by atoms with Crippen molar-refractivity contribution in [3.8, 4) is 6.07 Å². The van der Waals surface area contributed by atoms with Crippen LogP contribution in [0.1, 0.15) is 40.7 Å². The van der Waals surface area contributed by atoms with Crippen molar-refractivity contribution in [2.45, 2.75) is 25.2 Å². The summed E-state index contributed by atoms with van der Waals surface area (Å²) in [6, 6.07) is 12.0. The number of carbonyl (C=O) groups is 2. The molecule has 0 spiro atoms. The molecule has 2 aromatic heterocycles. The number of carbonyl (C=O) groups excluding carboxylic acids is 2. The normalized spacial score (nSPS) is 25.1. The number of aromatic nitrogens is 3. The molecule has 0 radical (unpaired) electrons. The Balaban J connectivity index is 1.77. The molecule has 0 saturated carbocycles. The molecule has 6 nitrogen and oxygen atoms in total. The van der Waals surface area contributed by atoms with Gasteiger partial charge in [-0.15, -0.1) is 11.3 Å². The Morgan fingerprint density at radius 3 is 2.83 bits per heavy atom. The summed E-state index contributed by atoms with van der Waals surface area (Å²) >= 11 is 1.36. The number of hydrogen-bond donors (Lipinski definition) is 0. The van der Waals surface area contributed by atoms with Crippen LogP contribution in [0.15, 0.2) is 59.1 Å². The van der Waals surface area contributed by atoms with E-state index in [0.717, 1.165) is 29.7 Å². The first-order valence-electron chi connectivity index (χ1n) is 9.81. The second-order valence-corrected chi connectivity index (χ2v) is 8.55. The zero-order valence-corrected chi connectivity index (χ0v) is 17.1. The lowest BCUT2D eigenvalue weighted by molar-refractivity contribution is -0.121. The second kappa shape index (κ2) is 6.85. The third-order valence-electron chi connectivity index (χ3n) is 6.38. The van der Waals surface area contributed by atoms with Crippen LogP contribution in [-0.4, -0.2) is 26.5 Å². The van der Waals surface area contributed by atoms with Crippen molar-refractivity contribution in [3.05, 3.63) is 81.6 Å². The number of ketones is 1. The van der Waals surface area contributed by atoms with Gasteiger partial charge in [0.15, 0.2) is 5.78 Å². The number of nitrogens with zero attached hydrogens (tertiary/aromatic N) is 4. The predicted molar refractivity (Wildman–Crippen MR) is 111 cm³/mol. The van der Waals surface area contributed by atoms with Gasteiger partial charge < -0.3 is 0 Å². The fourth-order valence-electron chi connectivity index (χ4n) is 4.98. The van der Waals surface area contributed by atoms with Crippen molar-refractivity contribution in [1.29, 1.82) is 5.26 Å². The lowest BCUT2D eigenvalue weighted by Crippen LogP contribution is -2.48. The Morgan fingerprint density at radius 2 is 2.13 bits per heavy atom. The number of benzene rings is 1. The van der Waals surface area contributed by atoms with Crippen molar-refractivity contribution >= 4 is 23.0 Å². The summed E-state index contributed by atoms with van der Waals surface area (Å²) in [6.45, 7) is 1.90. The summed E-state index contributed by atoms with van der Waals surface area (Å²) in [6.07, 6.45) is 5.07. The molecule has 0 amide bonds. The van der Waals surface area contributed by atoms with Gasteiger partial charge >= 0.3 is 0 Å². The maximum atomic E-state index is 12.9. The number of fused-ring (bicyclic) bond motifs is 3. The molecule has 3 aromatic rings. The van der Waals surface area contributed by atoms with Crippen LogP contribution in [0.3, 0.4) is 0 Å². The smallest absolute Gasteiger partial charge is 0.293 e. The molecular formula is C23H18N4O2S. The van der Waals surface area contributed by atoms with Crippen molar-refractivity contribution in [2.75, 3.05) is 0 Å². The second-order valence-electron chi connectivity index (χ2n) is 7.83. The van der Waals surface area contributed by atoms with Crippen molar-refractivity contribution in [1.82, 2.24) is 14.8 Å². The van der Waals surface area contributed by atoms with Gasteiger partial charge in [0.2, 0.25) is 0 Å². The lowest BCUT2D eigenvalue weighted by atomic mass is 9.54. The number of rotatable bonds is 2. The highest BCUT2D eigenvalue weighted by Crippen LogP contribution is 2.53. The van der Waals surface area contributed by atoms with Gasteiger partial charge in [-0.3, -0.25) is 9.59 Å². The Kier molecular flexibility index (Phi) is 4.26. The number of nitriles is 1. The first kappa shape index (κ1) is 18.6. The van der Waals surface area contributed by atoms with E-state index < -0.39 is 5.41 Å². The predicted octanol–water partition coefficient (Wildman–Crippen LogP) is 3.55. The molecule has 2 aliphatic carbocycles. The third kappa shape index (κ3) is 2.54. The minimum absolute atomic E-state index is 0.0327. The van der Waals surface area contributed by atoms with Crippen LogP contribution >= 0.6 is 11.3 Å². The fourth-order valence-corrected chi connectivity index (χ4v) is 5.50. The largest absolute Gasteiger partial charge is 0.297 e. The average molecular weight is 414 g/mol. The van der Waals surface area contributed by atoms with Crippen molar-refractivity contribution in [2.24, 2.45) is 11.8 Å². The van der Waals surface area contributed by atoms with E-state index >= 15 is 0 Å². The van der Waals surface area contributed by atoms with Crippen LogP contribution in [0.5, 0.6) is 0 Å². The van der Waals surface area contributed by atoms with E-state index in [2.05, 4.69) is 11.1 Å². The molecule has 0 aliphatic heterocycles. The maximum absolute atomic E-state index is 12.9. The molecule has 5 rings (SSSR count). The molecule has 148 valence electrons. The molecule has 0 fully saturated rings. The molecule has 7 heteroatoms. The SMILES string of the molecule is C[C@@H]1C(=O)C(C#N)=C[C@]2(c3ccccc3)c3nn(C(=O)c4cscn4)cc3CC[C@@H]12. The van der Waals surface area contributed by atoms with Crippen LogP contribution in [-0.2, 0) is 16.6 Å². The molecule has 2 aliphatic rings. The Morgan fingerprint density at radius 1 is 1.33 bits per heavy atom. The van der Waals surface area contributed by atoms with Crippen LogP contribution in [0.4, 0.5) is 0 Å². The average Bonchev–Trinajstić information content (AvgIpc) is 3.46. The minimum atomic E-state index is -0.721. The highest BCUT2D eigenvalue weighted by molar-refractivity contribution is 7.07. The quantitative estimate of drug-likeness (QED) is 0.640. The zero-order valence-electron chi connectivity index (χ0n) is 16.3. The standard InChI is InChI=1S/C23H18N4O2S/c1-14-18-8-7-15-11-27(22(29)19-12-30-13-25-19)26-21(15)23(18,9-16(10-24)20(14)28)17-5-3-2-4-6-17/h2-6,9,11-14,18H,7-8H2,1H3/t14-,18-,23+/m0/s1. The van der Waals surface area contributed by atoms with E-state index in [1.165, 1.54) is 16.0 Å². The molecule has 2 heterocycles. The van der Waals surface area contributed by atoms with E-state index in [1.807, 2.05) is 37.3 Å². The monoisotopic (exact) mass is 414 g/mol. The van der Waals surface area contributed by atoms with Crippen LogP contribution in [0, 0.1) is 23.2 Å². The summed E-state index contributed by atoms with van der Waals surface area (Å²) in [7, 11) is 0. The van der Waals surface area contributed by atoms with Gasteiger partial charge in [-0.2, -0.15) is 10.4 Å². The minimum Gasteiger partial charge on any atom is -0.293 e. The Labute approximate surface area is 177 Å². The number of allylic oxidation sites excluding steroid dienone is 2. The molecule has 0 N–H and O–H groups in total. The van der Waals surface area contributed by atoms with Gasteiger partial charge in [-0.25, -0.2) is 9.67 Å². The van der Waals surface area contributed by atoms with Crippen LogP contribution in [0.2, 0.25) is 0 Å². The summed E-state index contributed by atoms with van der Waals surface area (Å²) in [5, 5.41) is 16.1. The summed E-state index contributed by atoms with van der Waals surface area (Å²) in [4.78, 5) is 29.8. The third-order valence-corrected chi connectivity index (χ3v) is 6.96. The molecule has 30 heavy (non-hydrogen) atoms. The molecule has 0 saturated heterocycles. The highest BCUT2D eigenvalue weighted by Gasteiger charge is 2.53. The number of Topliss-reactive ketones (excluding diaryl/α,β-unsaturated/α-hetero) is 1. The number of aryl methyl sites for hydroxylation is 1. The van der Waals surface area contributed by atoms with E-state index in [1.54, 1.807) is 23.2 Å². The van der Waals surface area contributed by atoms with Gasteiger partial charge in [-0.05, 0) is 36.0 Å². The highest BCUT2D eigenvalue weighted by atomic mass is 32.1. The summed E-state index contributed by atoms with van der Waals surface area (Å²) in [5.41, 5.74) is 4.11. The summed E-state index contributed by atoms with van der Waals surface area (Å²) < 4.78 is 1.35. The van der Waals surface area contributed by atoms with Crippen LogP contribution in [0.25, 0.3) is 0 Å². The first-order chi connectivity index (χ1) is 14.6. The van der Waals surface area contributed by atoms with Gasteiger partial charge in [0, 0.05) is 17.5 Å². The maximum Gasteiger partial charge on any atom is 0.297 e. The van der Waals surface area contributed by atoms with E-state index in [4.69, 9.17) is 5.10 Å². The summed E-state index contributed by atoms with van der Waals surface area (Å²) in [5.74, 6) is -0.738. The lowest BCUT2D eigenvalue weighted by Gasteiger charge is -2.46. The van der Waals surface area contributed by atoms with Gasteiger partial charge in [-0.1, -0.05) is 37.3 Å². The van der Waals surface area contributed by atoms with Gasteiger partial charge in [0.05, 0.1) is 22.2 Å². The Hall–Kier alpha value is -3.37. The van der Waals surface area contributed by atoms with E-state index in [-0.39, 0.29) is 29.1 Å². The van der Waals surface area contributed by atoms with Crippen molar-refractivity contribution in [3.63, 3.8) is 0 Å². The van der Waals surface area contributed by atoms with Gasteiger partial charge in [0.25, 0.3) is 5.91 Å². The van der Waals surface area contributed by atoms with Gasteiger partial charge in [0.1, 0.15) is 11.8 Å². The zero-order chi connectivity index (χ0) is 20.9. The molecule has 3 atom stereocenters. The molecule has 0 unspecified atom stereocenters. The topological polar surface area (TPSA) is 88.6 Å². The molecular weight excluding hydrogens is 396 g/mol. The first-order valence-corrected chi connectivity index (χ1v) is 10.7. The van der Waals surface area contributed by atoms with Crippen LogP contribution < -0.4 is 0 Å².